The van der Waals surface area contributed by atoms with E-state index < -0.39 is 34.6 Å². The lowest BCUT2D eigenvalue weighted by Crippen LogP contribution is -2.40. The molecule has 1 fully saturated rings. The number of aromatic nitrogens is 1. The minimum atomic E-state index is -4.69. The monoisotopic (exact) mass is 472 g/mol. The van der Waals surface area contributed by atoms with E-state index in [1.165, 1.54) is 24.3 Å². The Labute approximate surface area is 183 Å². The molecule has 1 saturated carbocycles. The average molecular weight is 472 g/mol. The molecule has 0 atom stereocenters. The van der Waals surface area contributed by atoms with Crippen LogP contribution in [-0.4, -0.2) is 37.9 Å². The van der Waals surface area contributed by atoms with Gasteiger partial charge in [-0.25, -0.2) is 17.9 Å². The smallest absolute Gasteiger partial charge is 0.334 e. The quantitative estimate of drug-likeness (QED) is 0.571. The van der Waals surface area contributed by atoms with Crippen LogP contribution in [0.5, 0.6) is 0 Å². The van der Waals surface area contributed by atoms with Gasteiger partial charge in [-0.2, -0.15) is 0 Å². The Bertz CT molecular complexity index is 994. The van der Waals surface area contributed by atoms with Crippen molar-refractivity contribution in [1.82, 2.24) is 15.0 Å². The largest absolute Gasteiger partial charge is 0.522 e. The van der Waals surface area contributed by atoms with Crippen LogP contribution in [0.15, 0.2) is 53.7 Å². The molecule has 0 bridgehead atoms. The fourth-order valence-corrected chi connectivity index (χ4v) is 4.66. The minimum Gasteiger partial charge on any atom is -0.334 e. The first-order chi connectivity index (χ1) is 15.1. The van der Waals surface area contributed by atoms with Crippen LogP contribution in [0, 0.1) is 0 Å². The van der Waals surface area contributed by atoms with Gasteiger partial charge >= 0.3 is 12.4 Å². The number of sulfonamides is 1. The minimum absolute atomic E-state index is 0.00696. The number of hydrogen-bond acceptors (Lipinski definition) is 5. The highest BCUT2D eigenvalue weighted by atomic mass is 32.2. The Morgan fingerprint density at radius 3 is 2.38 bits per heavy atom. The molecule has 2 aromatic rings. The Morgan fingerprint density at radius 1 is 1.09 bits per heavy atom. The maximum absolute atomic E-state index is 12.6. The van der Waals surface area contributed by atoms with Crippen LogP contribution in [-0.2, 0) is 21.3 Å². The summed E-state index contributed by atoms with van der Waals surface area (Å²) in [6.45, 7) is 0.284. The highest BCUT2D eigenvalue weighted by Gasteiger charge is 2.36. The third kappa shape index (κ3) is 7.46. The average Bonchev–Trinajstić information content (AvgIpc) is 2.74. The van der Waals surface area contributed by atoms with Gasteiger partial charge in [-0.05, 0) is 61.6 Å². The Hall–Kier alpha value is -2.70. The molecule has 1 aliphatic carbocycles. The van der Waals surface area contributed by atoms with Crippen LogP contribution in [0.2, 0.25) is 0 Å². The second kappa shape index (κ2) is 10.3. The molecule has 3 rings (SSSR count). The van der Waals surface area contributed by atoms with Crippen LogP contribution < -0.4 is 15.4 Å². The standard InChI is InChI=1S/C20H23F3N4O4S/c21-20(22,23)31-17-7-3-16(4-8-17)27-32(29,30)18-9-5-15(6-10-18)26-19(28)25-13-14-2-1-11-24-12-14/h1-2,5-6,9-12,16-17,27H,3-4,7-8,13H2,(H2,25,26,28). The first-order valence-corrected chi connectivity index (χ1v) is 11.4. The van der Waals surface area contributed by atoms with Crippen molar-refractivity contribution in [1.29, 1.82) is 0 Å². The lowest BCUT2D eigenvalue weighted by Gasteiger charge is -2.29. The molecule has 1 aromatic heterocycles. The molecule has 3 N–H and O–H groups in total. The summed E-state index contributed by atoms with van der Waals surface area (Å²) in [6, 6.07) is 8.23. The van der Waals surface area contributed by atoms with Crippen LogP contribution in [0.3, 0.4) is 0 Å². The van der Waals surface area contributed by atoms with E-state index in [4.69, 9.17) is 0 Å². The molecular formula is C20H23F3N4O4S. The lowest BCUT2D eigenvalue weighted by atomic mass is 9.94. The molecule has 12 heteroatoms. The van der Waals surface area contributed by atoms with Gasteiger partial charge in [0, 0.05) is 30.7 Å². The molecular weight excluding hydrogens is 449 g/mol. The number of alkyl halides is 3. The number of rotatable bonds is 7. The van der Waals surface area contributed by atoms with Gasteiger partial charge in [0.1, 0.15) is 0 Å². The number of nitrogens with one attached hydrogen (secondary N) is 3. The van der Waals surface area contributed by atoms with Crippen LogP contribution in [0.1, 0.15) is 31.2 Å². The summed E-state index contributed by atoms with van der Waals surface area (Å²) >= 11 is 0. The van der Waals surface area contributed by atoms with Gasteiger partial charge in [-0.15, -0.1) is 13.2 Å². The van der Waals surface area contributed by atoms with Crippen LogP contribution in [0.25, 0.3) is 0 Å². The highest BCUT2D eigenvalue weighted by molar-refractivity contribution is 7.89. The van der Waals surface area contributed by atoms with Crippen LogP contribution >= 0.6 is 0 Å². The number of amides is 2. The summed E-state index contributed by atoms with van der Waals surface area (Å²) in [5.74, 6) is 0. The van der Waals surface area contributed by atoms with Crippen LogP contribution in [0.4, 0.5) is 23.7 Å². The summed E-state index contributed by atoms with van der Waals surface area (Å²) in [6.07, 6.45) is -1.67. The molecule has 174 valence electrons. The van der Waals surface area contributed by atoms with Gasteiger partial charge in [0.2, 0.25) is 10.0 Å². The zero-order chi connectivity index (χ0) is 23.2. The highest BCUT2D eigenvalue weighted by Crippen LogP contribution is 2.28. The van der Waals surface area contributed by atoms with Crippen molar-refractivity contribution >= 4 is 21.7 Å². The van der Waals surface area contributed by atoms with E-state index in [0.29, 0.717) is 5.69 Å². The van der Waals surface area contributed by atoms with Gasteiger partial charge in [0.15, 0.2) is 0 Å². The van der Waals surface area contributed by atoms with Gasteiger partial charge in [0.05, 0.1) is 11.0 Å². The van der Waals surface area contributed by atoms with Crippen molar-refractivity contribution in [3.05, 3.63) is 54.4 Å². The molecule has 0 unspecified atom stereocenters. The summed E-state index contributed by atoms with van der Waals surface area (Å²) in [5, 5.41) is 5.27. The third-order valence-electron chi connectivity index (χ3n) is 4.89. The molecule has 1 aromatic carbocycles. The zero-order valence-corrected chi connectivity index (χ0v) is 17.7. The molecule has 1 heterocycles. The van der Waals surface area contributed by atoms with Gasteiger partial charge in [0.25, 0.3) is 0 Å². The molecule has 0 spiro atoms. The number of anilines is 1. The van der Waals surface area contributed by atoms with E-state index in [2.05, 4.69) is 25.1 Å². The van der Waals surface area contributed by atoms with Gasteiger partial charge < -0.3 is 10.6 Å². The molecule has 32 heavy (non-hydrogen) atoms. The molecule has 1 aliphatic rings. The fourth-order valence-electron chi connectivity index (χ4n) is 3.35. The third-order valence-corrected chi connectivity index (χ3v) is 6.43. The number of pyridine rings is 1. The summed E-state index contributed by atoms with van der Waals surface area (Å²) in [7, 11) is -3.85. The van der Waals surface area contributed by atoms with Crippen molar-refractivity contribution in [2.45, 2.75) is 55.6 Å². The van der Waals surface area contributed by atoms with Crippen molar-refractivity contribution in [2.75, 3.05) is 5.32 Å². The first-order valence-electron chi connectivity index (χ1n) is 9.91. The van der Waals surface area contributed by atoms with E-state index in [0.717, 1.165) is 5.56 Å². The van der Waals surface area contributed by atoms with E-state index in [1.807, 2.05) is 6.07 Å². The Balaban J connectivity index is 1.48. The van der Waals surface area contributed by atoms with Gasteiger partial charge in [-0.3, -0.25) is 9.72 Å². The second-order valence-corrected chi connectivity index (χ2v) is 9.07. The number of benzene rings is 1. The molecule has 0 saturated heterocycles. The number of urea groups is 1. The Morgan fingerprint density at radius 2 is 1.78 bits per heavy atom. The lowest BCUT2D eigenvalue weighted by molar-refractivity contribution is -0.345. The summed E-state index contributed by atoms with van der Waals surface area (Å²) in [5.41, 5.74) is 1.23. The normalized spacial score (nSPS) is 19.3. The van der Waals surface area contributed by atoms with Crippen molar-refractivity contribution < 1.29 is 31.1 Å². The predicted molar refractivity (Wildman–Crippen MR) is 110 cm³/mol. The number of carbonyl (C=O) groups excluding carboxylic acids is 1. The van der Waals surface area contributed by atoms with Crippen molar-refractivity contribution in [2.24, 2.45) is 0 Å². The SMILES string of the molecule is O=C(NCc1cccnc1)Nc1ccc(S(=O)(=O)NC2CCC(OC(F)(F)F)CC2)cc1. The maximum Gasteiger partial charge on any atom is 0.522 e. The molecule has 8 nitrogen and oxygen atoms in total. The predicted octanol–water partition coefficient (Wildman–Crippen LogP) is 3.53. The molecule has 0 aliphatic heterocycles. The number of carbonyl (C=O) groups is 1. The van der Waals surface area contributed by atoms with Crippen molar-refractivity contribution in [3.63, 3.8) is 0 Å². The number of nitrogens with zero attached hydrogens (tertiary/aromatic N) is 1. The van der Waals surface area contributed by atoms with E-state index in [9.17, 15) is 26.4 Å². The second-order valence-electron chi connectivity index (χ2n) is 7.35. The summed E-state index contributed by atoms with van der Waals surface area (Å²) in [4.78, 5) is 15.9. The Kier molecular flexibility index (Phi) is 7.69. The number of halogens is 3. The molecule has 0 radical (unpaired) electrons. The maximum atomic E-state index is 12.6. The van der Waals surface area contributed by atoms with E-state index >= 15 is 0 Å². The topological polar surface area (TPSA) is 109 Å². The number of hydrogen-bond donors (Lipinski definition) is 3. The van der Waals surface area contributed by atoms with Crippen molar-refractivity contribution in [3.8, 4) is 0 Å². The first kappa shape index (κ1) is 24.0. The number of ether oxygens (including phenoxy) is 1. The zero-order valence-electron chi connectivity index (χ0n) is 16.9. The summed E-state index contributed by atoms with van der Waals surface area (Å²) < 4.78 is 68.6. The van der Waals surface area contributed by atoms with E-state index in [-0.39, 0.29) is 37.1 Å². The van der Waals surface area contributed by atoms with Gasteiger partial charge in [-0.1, -0.05) is 6.07 Å². The molecule has 2 amide bonds. The fraction of sp³-hybridized carbons (Fsp3) is 0.400. The van der Waals surface area contributed by atoms with E-state index in [1.54, 1.807) is 18.5 Å².